The first kappa shape index (κ1) is 15.4. The van der Waals surface area contributed by atoms with Crippen molar-refractivity contribution in [3.05, 3.63) is 76.3 Å². The fraction of sp³-hybridized carbons (Fsp3) is 0.263. The molecule has 0 fully saturated rings. The molecule has 0 spiro atoms. The van der Waals surface area contributed by atoms with Crippen molar-refractivity contribution in [1.29, 1.82) is 0 Å². The Morgan fingerprint density at radius 2 is 1.78 bits per heavy atom. The Labute approximate surface area is 135 Å². The SMILES string of the molecule is C[C@H](c1nc2ccccc2c(=O)[nH]1)N(C)CCc1ccccc1. The normalized spacial score (nSPS) is 12.7. The van der Waals surface area contributed by atoms with Crippen LogP contribution in [0.15, 0.2) is 59.4 Å². The molecule has 0 saturated heterocycles. The van der Waals surface area contributed by atoms with Gasteiger partial charge in [-0.05, 0) is 38.1 Å². The van der Waals surface area contributed by atoms with Crippen molar-refractivity contribution in [2.45, 2.75) is 19.4 Å². The molecule has 0 bridgehead atoms. The first-order chi connectivity index (χ1) is 11.1. The lowest BCUT2D eigenvalue weighted by Crippen LogP contribution is -2.28. The highest BCUT2D eigenvalue weighted by molar-refractivity contribution is 5.77. The van der Waals surface area contributed by atoms with E-state index in [2.05, 4.69) is 53.1 Å². The molecule has 0 radical (unpaired) electrons. The van der Waals surface area contributed by atoms with E-state index in [4.69, 9.17) is 0 Å². The molecule has 23 heavy (non-hydrogen) atoms. The maximum absolute atomic E-state index is 12.2. The van der Waals surface area contributed by atoms with E-state index in [1.54, 1.807) is 6.07 Å². The van der Waals surface area contributed by atoms with Crippen molar-refractivity contribution in [2.24, 2.45) is 0 Å². The van der Waals surface area contributed by atoms with Crippen molar-refractivity contribution in [1.82, 2.24) is 14.9 Å². The fourth-order valence-corrected chi connectivity index (χ4v) is 2.65. The van der Waals surface area contributed by atoms with Gasteiger partial charge in [0.05, 0.1) is 16.9 Å². The second kappa shape index (κ2) is 6.75. The number of fused-ring (bicyclic) bond motifs is 1. The predicted octanol–water partition coefficient (Wildman–Crippen LogP) is 3.16. The van der Waals surface area contributed by atoms with Gasteiger partial charge in [0, 0.05) is 6.54 Å². The predicted molar refractivity (Wildman–Crippen MR) is 93.6 cm³/mol. The summed E-state index contributed by atoms with van der Waals surface area (Å²) >= 11 is 0. The van der Waals surface area contributed by atoms with Gasteiger partial charge in [0.25, 0.3) is 5.56 Å². The summed E-state index contributed by atoms with van der Waals surface area (Å²) < 4.78 is 0. The number of para-hydroxylation sites is 1. The molecule has 0 amide bonds. The topological polar surface area (TPSA) is 49.0 Å². The second-order valence-electron chi connectivity index (χ2n) is 5.86. The minimum atomic E-state index is -0.0751. The van der Waals surface area contributed by atoms with Gasteiger partial charge in [-0.2, -0.15) is 0 Å². The molecule has 118 valence electrons. The molecule has 1 N–H and O–H groups in total. The van der Waals surface area contributed by atoms with E-state index in [0.717, 1.165) is 18.5 Å². The van der Waals surface area contributed by atoms with Gasteiger partial charge in [0.1, 0.15) is 5.82 Å². The lowest BCUT2D eigenvalue weighted by molar-refractivity contribution is 0.255. The number of likely N-dealkylation sites (N-methyl/N-ethyl adjacent to an activating group) is 1. The van der Waals surface area contributed by atoms with Crippen LogP contribution in [0, 0.1) is 0 Å². The number of rotatable bonds is 5. The molecule has 0 aliphatic rings. The first-order valence-electron chi connectivity index (χ1n) is 7.88. The summed E-state index contributed by atoms with van der Waals surface area (Å²) in [6.07, 6.45) is 0.972. The summed E-state index contributed by atoms with van der Waals surface area (Å²) in [6.45, 7) is 2.97. The number of benzene rings is 2. The summed E-state index contributed by atoms with van der Waals surface area (Å²) in [6, 6.07) is 17.9. The third-order valence-electron chi connectivity index (χ3n) is 4.28. The van der Waals surface area contributed by atoms with Crippen LogP contribution in [0.3, 0.4) is 0 Å². The zero-order valence-electron chi connectivity index (χ0n) is 13.5. The molecule has 2 aromatic carbocycles. The van der Waals surface area contributed by atoms with Crippen LogP contribution in [0.4, 0.5) is 0 Å². The third-order valence-corrected chi connectivity index (χ3v) is 4.28. The van der Waals surface area contributed by atoms with Crippen molar-refractivity contribution in [3.8, 4) is 0 Å². The highest BCUT2D eigenvalue weighted by Crippen LogP contribution is 2.16. The van der Waals surface area contributed by atoms with E-state index in [1.165, 1.54) is 5.56 Å². The van der Waals surface area contributed by atoms with Crippen molar-refractivity contribution in [2.75, 3.05) is 13.6 Å². The summed E-state index contributed by atoms with van der Waals surface area (Å²) in [5, 5.41) is 0.635. The van der Waals surface area contributed by atoms with Gasteiger partial charge < -0.3 is 4.98 Å². The Balaban J connectivity index is 1.77. The minimum absolute atomic E-state index is 0.0519. The van der Waals surface area contributed by atoms with Crippen LogP contribution in [-0.2, 0) is 6.42 Å². The monoisotopic (exact) mass is 307 g/mol. The number of aromatic amines is 1. The average molecular weight is 307 g/mol. The Hall–Kier alpha value is -2.46. The number of H-pyrrole nitrogens is 1. The molecule has 0 aliphatic heterocycles. The zero-order chi connectivity index (χ0) is 16.2. The van der Waals surface area contributed by atoms with Crippen LogP contribution in [0.5, 0.6) is 0 Å². The van der Waals surface area contributed by atoms with Crippen molar-refractivity contribution >= 4 is 10.9 Å². The third kappa shape index (κ3) is 3.48. The Bertz CT molecular complexity index is 842. The summed E-state index contributed by atoms with van der Waals surface area (Å²) in [7, 11) is 2.06. The number of hydrogen-bond donors (Lipinski definition) is 1. The van der Waals surface area contributed by atoms with E-state index in [0.29, 0.717) is 11.2 Å². The van der Waals surface area contributed by atoms with Crippen LogP contribution >= 0.6 is 0 Å². The molecule has 1 atom stereocenters. The maximum Gasteiger partial charge on any atom is 0.258 e. The molecule has 0 aliphatic carbocycles. The van der Waals surface area contributed by atoms with Gasteiger partial charge in [-0.3, -0.25) is 9.69 Å². The maximum atomic E-state index is 12.2. The van der Waals surface area contributed by atoms with E-state index in [1.807, 2.05) is 24.3 Å². The summed E-state index contributed by atoms with van der Waals surface area (Å²) in [5.74, 6) is 0.712. The highest BCUT2D eigenvalue weighted by Gasteiger charge is 2.15. The van der Waals surface area contributed by atoms with E-state index >= 15 is 0 Å². The minimum Gasteiger partial charge on any atom is -0.309 e. The smallest absolute Gasteiger partial charge is 0.258 e. The molecule has 1 heterocycles. The van der Waals surface area contributed by atoms with Crippen LogP contribution in [0.2, 0.25) is 0 Å². The molecule has 1 aromatic heterocycles. The van der Waals surface area contributed by atoms with E-state index in [9.17, 15) is 4.79 Å². The van der Waals surface area contributed by atoms with E-state index < -0.39 is 0 Å². The Kier molecular flexibility index (Phi) is 4.53. The molecule has 3 aromatic rings. The second-order valence-corrected chi connectivity index (χ2v) is 5.86. The quantitative estimate of drug-likeness (QED) is 0.787. The molecular formula is C19H21N3O. The van der Waals surface area contributed by atoms with Crippen molar-refractivity contribution in [3.63, 3.8) is 0 Å². The highest BCUT2D eigenvalue weighted by atomic mass is 16.1. The zero-order valence-corrected chi connectivity index (χ0v) is 13.5. The standard InChI is InChI=1S/C19H21N3O/c1-14(22(2)13-12-15-8-4-3-5-9-15)18-20-17-11-7-6-10-16(17)19(23)21-18/h3-11,14H,12-13H2,1-2H3,(H,20,21,23)/t14-/m1/s1. The van der Waals surface area contributed by atoms with Gasteiger partial charge >= 0.3 is 0 Å². The summed E-state index contributed by atoms with van der Waals surface area (Å²) in [5.41, 5.74) is 1.98. The van der Waals surface area contributed by atoms with Crippen LogP contribution in [-0.4, -0.2) is 28.5 Å². The first-order valence-corrected chi connectivity index (χ1v) is 7.88. The van der Waals surface area contributed by atoms with Gasteiger partial charge in [0.2, 0.25) is 0 Å². The van der Waals surface area contributed by atoms with Gasteiger partial charge in [-0.1, -0.05) is 42.5 Å². The van der Waals surface area contributed by atoms with Crippen LogP contribution in [0.25, 0.3) is 10.9 Å². The van der Waals surface area contributed by atoms with E-state index in [-0.39, 0.29) is 11.6 Å². The number of hydrogen-bond acceptors (Lipinski definition) is 3. The Morgan fingerprint density at radius 1 is 1.09 bits per heavy atom. The van der Waals surface area contributed by atoms with Crippen LogP contribution < -0.4 is 5.56 Å². The molecule has 4 nitrogen and oxygen atoms in total. The Morgan fingerprint density at radius 3 is 2.57 bits per heavy atom. The lowest BCUT2D eigenvalue weighted by Gasteiger charge is -2.24. The molecular weight excluding hydrogens is 286 g/mol. The number of aromatic nitrogens is 2. The van der Waals surface area contributed by atoms with Crippen molar-refractivity contribution < 1.29 is 0 Å². The largest absolute Gasteiger partial charge is 0.309 e. The average Bonchev–Trinajstić information content (AvgIpc) is 2.60. The molecule has 0 saturated carbocycles. The number of nitrogens with zero attached hydrogens (tertiary/aromatic N) is 2. The molecule has 0 unspecified atom stereocenters. The number of nitrogens with one attached hydrogen (secondary N) is 1. The molecule has 4 heteroatoms. The van der Waals surface area contributed by atoms with Gasteiger partial charge in [0.15, 0.2) is 0 Å². The molecule has 3 rings (SSSR count). The lowest BCUT2D eigenvalue weighted by atomic mass is 10.1. The van der Waals surface area contributed by atoms with Crippen LogP contribution in [0.1, 0.15) is 24.4 Å². The fourth-order valence-electron chi connectivity index (χ4n) is 2.65. The summed E-state index contributed by atoms with van der Waals surface area (Å²) in [4.78, 5) is 21.9. The van der Waals surface area contributed by atoms with Gasteiger partial charge in [-0.15, -0.1) is 0 Å². The van der Waals surface area contributed by atoms with Gasteiger partial charge in [-0.25, -0.2) is 4.98 Å².